The van der Waals surface area contributed by atoms with Gasteiger partial charge in [-0.15, -0.1) is 0 Å². The molecule has 0 aliphatic carbocycles. The van der Waals surface area contributed by atoms with Gasteiger partial charge in [-0.1, -0.05) is 0 Å². The summed E-state index contributed by atoms with van der Waals surface area (Å²) in [6, 6.07) is 0.530. The van der Waals surface area contributed by atoms with Gasteiger partial charge in [-0.25, -0.2) is 4.79 Å². The lowest BCUT2D eigenvalue weighted by atomic mass is 10.0. The van der Waals surface area contributed by atoms with Crippen LogP contribution in [0.1, 0.15) is 26.7 Å². The molecule has 13 heavy (non-hydrogen) atoms. The van der Waals surface area contributed by atoms with Gasteiger partial charge in [0.25, 0.3) is 0 Å². The highest BCUT2D eigenvalue weighted by molar-refractivity contribution is 5.60. The molecule has 0 aromatic rings. The summed E-state index contributed by atoms with van der Waals surface area (Å²) in [7, 11) is 0. The monoisotopic (exact) mass is 187 g/mol. The predicted molar refractivity (Wildman–Crippen MR) is 48.6 cm³/mol. The molecule has 0 radical (unpaired) electrons. The van der Waals surface area contributed by atoms with E-state index in [0.29, 0.717) is 12.6 Å². The second kappa shape index (κ2) is 5.07. The van der Waals surface area contributed by atoms with Crippen LogP contribution in [0.5, 0.6) is 0 Å². The fourth-order valence-corrected chi connectivity index (χ4v) is 1.36. The van der Waals surface area contributed by atoms with E-state index in [1.807, 2.05) is 0 Å². The second-order valence-electron chi connectivity index (χ2n) is 3.31. The van der Waals surface area contributed by atoms with Crippen LogP contribution in [0.2, 0.25) is 0 Å². The first-order chi connectivity index (χ1) is 6.22. The lowest BCUT2D eigenvalue weighted by Crippen LogP contribution is -2.41. The Morgan fingerprint density at radius 2 is 2.31 bits per heavy atom. The van der Waals surface area contributed by atoms with Gasteiger partial charge in [-0.05, 0) is 26.7 Å². The zero-order valence-electron chi connectivity index (χ0n) is 8.21. The standard InChI is InChI=1S/C9H17NO3/c1-3-12-9(11)13-8-5-4-7(2)10-6-8/h7-8,10H,3-6H2,1-2H3. The van der Waals surface area contributed by atoms with Crippen LogP contribution in [0.4, 0.5) is 4.79 Å². The van der Waals surface area contributed by atoms with Gasteiger partial charge in [0, 0.05) is 12.6 Å². The summed E-state index contributed by atoms with van der Waals surface area (Å²) in [4.78, 5) is 10.9. The van der Waals surface area contributed by atoms with Gasteiger partial charge in [0.2, 0.25) is 0 Å². The third kappa shape index (κ3) is 3.63. The molecule has 1 N–H and O–H groups in total. The van der Waals surface area contributed by atoms with Crippen molar-refractivity contribution in [1.29, 1.82) is 0 Å². The quantitative estimate of drug-likeness (QED) is 0.662. The highest BCUT2D eigenvalue weighted by atomic mass is 16.7. The summed E-state index contributed by atoms with van der Waals surface area (Å²) in [5.74, 6) is 0. The Labute approximate surface area is 78.6 Å². The van der Waals surface area contributed by atoms with E-state index in [4.69, 9.17) is 4.74 Å². The fourth-order valence-electron chi connectivity index (χ4n) is 1.36. The van der Waals surface area contributed by atoms with Gasteiger partial charge >= 0.3 is 6.16 Å². The zero-order chi connectivity index (χ0) is 9.68. The molecular formula is C9H17NO3. The summed E-state index contributed by atoms with van der Waals surface area (Å²) < 4.78 is 9.74. The maximum atomic E-state index is 10.9. The number of hydrogen-bond acceptors (Lipinski definition) is 4. The smallest absolute Gasteiger partial charge is 0.435 e. The van der Waals surface area contributed by atoms with E-state index < -0.39 is 6.16 Å². The lowest BCUT2D eigenvalue weighted by molar-refractivity contribution is 0.0152. The average Bonchev–Trinajstić information content (AvgIpc) is 2.09. The molecule has 0 aromatic carbocycles. The summed E-state index contributed by atoms with van der Waals surface area (Å²) in [5, 5.41) is 3.25. The molecule has 0 aromatic heterocycles. The first kappa shape index (κ1) is 10.3. The Morgan fingerprint density at radius 1 is 1.54 bits per heavy atom. The van der Waals surface area contributed by atoms with Crippen LogP contribution in [-0.4, -0.2) is 31.5 Å². The first-order valence-electron chi connectivity index (χ1n) is 4.79. The molecule has 1 aliphatic heterocycles. The van der Waals surface area contributed by atoms with Crippen molar-refractivity contribution in [2.45, 2.75) is 38.8 Å². The van der Waals surface area contributed by atoms with Gasteiger partial charge < -0.3 is 14.8 Å². The SMILES string of the molecule is CCOC(=O)OC1CCC(C)NC1. The van der Waals surface area contributed by atoms with Crippen LogP contribution in [0, 0.1) is 0 Å². The van der Waals surface area contributed by atoms with Crippen LogP contribution in [-0.2, 0) is 9.47 Å². The Bertz CT molecular complexity index is 164. The summed E-state index contributed by atoms with van der Waals surface area (Å²) in [6.07, 6.45) is 1.40. The van der Waals surface area contributed by atoms with E-state index in [1.54, 1.807) is 6.92 Å². The van der Waals surface area contributed by atoms with E-state index in [2.05, 4.69) is 17.0 Å². The van der Waals surface area contributed by atoms with Crippen molar-refractivity contribution in [2.24, 2.45) is 0 Å². The van der Waals surface area contributed by atoms with E-state index >= 15 is 0 Å². The van der Waals surface area contributed by atoms with Gasteiger partial charge in [-0.2, -0.15) is 0 Å². The number of hydrogen-bond donors (Lipinski definition) is 1. The molecular weight excluding hydrogens is 170 g/mol. The van der Waals surface area contributed by atoms with E-state index in [0.717, 1.165) is 19.4 Å². The Balaban J connectivity index is 2.18. The van der Waals surface area contributed by atoms with Crippen LogP contribution in [0.15, 0.2) is 0 Å². The Hall–Kier alpha value is -0.770. The number of ether oxygens (including phenoxy) is 2. The molecule has 4 heteroatoms. The maximum absolute atomic E-state index is 10.9. The largest absolute Gasteiger partial charge is 0.508 e. The van der Waals surface area contributed by atoms with Crippen LogP contribution in [0.25, 0.3) is 0 Å². The number of nitrogens with one attached hydrogen (secondary N) is 1. The van der Waals surface area contributed by atoms with Crippen LogP contribution in [0.3, 0.4) is 0 Å². The highest BCUT2D eigenvalue weighted by Gasteiger charge is 2.21. The first-order valence-corrected chi connectivity index (χ1v) is 4.79. The van der Waals surface area contributed by atoms with Crippen molar-refractivity contribution in [3.63, 3.8) is 0 Å². The fraction of sp³-hybridized carbons (Fsp3) is 0.889. The predicted octanol–water partition coefficient (Wildman–Crippen LogP) is 1.30. The minimum atomic E-state index is -0.552. The number of carbonyl (C=O) groups excluding carboxylic acids is 1. The second-order valence-corrected chi connectivity index (χ2v) is 3.31. The minimum Gasteiger partial charge on any atom is -0.435 e. The molecule has 0 bridgehead atoms. The van der Waals surface area contributed by atoms with Gasteiger partial charge in [0.05, 0.1) is 6.61 Å². The van der Waals surface area contributed by atoms with Crippen molar-refractivity contribution in [3.05, 3.63) is 0 Å². The average molecular weight is 187 g/mol. The topological polar surface area (TPSA) is 47.6 Å². The molecule has 1 saturated heterocycles. The Kier molecular flexibility index (Phi) is 4.02. The molecule has 0 amide bonds. The normalized spacial score (nSPS) is 28.2. The molecule has 1 rings (SSSR count). The third-order valence-electron chi connectivity index (χ3n) is 2.14. The number of piperidine rings is 1. The molecule has 0 saturated carbocycles. The number of rotatable bonds is 2. The summed E-state index contributed by atoms with van der Waals surface area (Å²) >= 11 is 0. The maximum Gasteiger partial charge on any atom is 0.508 e. The van der Waals surface area contributed by atoms with E-state index in [9.17, 15) is 4.79 Å². The van der Waals surface area contributed by atoms with Crippen molar-refractivity contribution in [2.75, 3.05) is 13.2 Å². The summed E-state index contributed by atoms with van der Waals surface area (Å²) in [5.41, 5.74) is 0. The van der Waals surface area contributed by atoms with Crippen LogP contribution < -0.4 is 5.32 Å². The van der Waals surface area contributed by atoms with Crippen molar-refractivity contribution in [1.82, 2.24) is 5.32 Å². The Morgan fingerprint density at radius 3 is 2.85 bits per heavy atom. The minimum absolute atomic E-state index is 0.0183. The van der Waals surface area contributed by atoms with Crippen LogP contribution >= 0.6 is 0 Å². The molecule has 76 valence electrons. The molecule has 1 heterocycles. The molecule has 1 aliphatic rings. The third-order valence-corrected chi connectivity index (χ3v) is 2.14. The summed E-state index contributed by atoms with van der Waals surface area (Å²) in [6.45, 7) is 5.00. The molecule has 4 nitrogen and oxygen atoms in total. The van der Waals surface area contributed by atoms with Crippen molar-refractivity contribution >= 4 is 6.16 Å². The van der Waals surface area contributed by atoms with Crippen molar-refractivity contribution in [3.8, 4) is 0 Å². The van der Waals surface area contributed by atoms with Gasteiger partial charge in [0.15, 0.2) is 0 Å². The lowest BCUT2D eigenvalue weighted by Gasteiger charge is -2.26. The highest BCUT2D eigenvalue weighted by Crippen LogP contribution is 2.11. The van der Waals surface area contributed by atoms with E-state index in [1.165, 1.54) is 0 Å². The molecule has 1 fully saturated rings. The van der Waals surface area contributed by atoms with E-state index in [-0.39, 0.29) is 6.10 Å². The molecule has 2 atom stereocenters. The van der Waals surface area contributed by atoms with Crippen molar-refractivity contribution < 1.29 is 14.3 Å². The molecule has 0 spiro atoms. The zero-order valence-corrected chi connectivity index (χ0v) is 8.21. The van der Waals surface area contributed by atoms with Gasteiger partial charge in [0.1, 0.15) is 6.10 Å². The number of carbonyl (C=O) groups is 1. The molecule has 2 unspecified atom stereocenters. The van der Waals surface area contributed by atoms with Gasteiger partial charge in [-0.3, -0.25) is 0 Å².